The Hall–Kier alpha value is -1.66. The van der Waals surface area contributed by atoms with Crippen LogP contribution in [0.25, 0.3) is 10.2 Å². The first kappa shape index (κ1) is 11.4. The third-order valence-electron chi connectivity index (χ3n) is 2.49. The number of H-pyrrole nitrogens is 1. The number of fused-ring (bicyclic) bond motifs is 1. The van der Waals surface area contributed by atoms with Gasteiger partial charge in [-0.25, -0.2) is 15.0 Å². The van der Waals surface area contributed by atoms with Gasteiger partial charge in [-0.1, -0.05) is 0 Å². The molecule has 0 atom stereocenters. The highest BCUT2D eigenvalue weighted by atomic mass is 35.5. The smallest absolute Gasteiger partial charge is 0.225 e. The molecule has 0 aromatic carbocycles. The molecule has 7 heteroatoms. The fraction of sp³-hybridized carbons (Fsp3) is 0.182. The van der Waals surface area contributed by atoms with Gasteiger partial charge in [-0.05, 0) is 24.6 Å². The quantitative estimate of drug-likeness (QED) is 0.723. The Morgan fingerprint density at radius 2 is 2.33 bits per heavy atom. The highest BCUT2D eigenvalue weighted by Gasteiger charge is 2.09. The Bertz CT molecular complexity index is 676. The molecule has 0 spiro atoms. The predicted molar refractivity (Wildman–Crippen MR) is 73.1 cm³/mol. The second-order valence-electron chi connectivity index (χ2n) is 3.85. The third kappa shape index (κ3) is 2.16. The first-order valence-electron chi connectivity index (χ1n) is 5.37. The maximum absolute atomic E-state index is 5.92. The molecule has 2 N–H and O–H groups in total. The van der Waals surface area contributed by atoms with Crippen molar-refractivity contribution in [2.75, 3.05) is 5.32 Å². The topological polar surface area (TPSA) is 66.5 Å². The molecule has 0 bridgehead atoms. The SMILES string of the molecule is Cc1cc2c(NCc3cnc[nH]3)nc(Cl)nc2s1. The monoisotopic (exact) mass is 279 g/mol. The van der Waals surface area contributed by atoms with Gasteiger partial charge in [0.25, 0.3) is 0 Å². The van der Waals surface area contributed by atoms with E-state index in [0.717, 1.165) is 21.7 Å². The lowest BCUT2D eigenvalue weighted by molar-refractivity contribution is 1.05. The number of aryl methyl sites for hydroxylation is 1. The van der Waals surface area contributed by atoms with Crippen molar-refractivity contribution in [1.82, 2.24) is 19.9 Å². The molecule has 0 aliphatic carbocycles. The molecule has 0 aliphatic heterocycles. The summed E-state index contributed by atoms with van der Waals surface area (Å²) < 4.78 is 0. The van der Waals surface area contributed by atoms with Gasteiger partial charge in [-0.15, -0.1) is 11.3 Å². The zero-order chi connectivity index (χ0) is 12.5. The number of rotatable bonds is 3. The number of nitrogens with one attached hydrogen (secondary N) is 2. The Balaban J connectivity index is 1.95. The van der Waals surface area contributed by atoms with Gasteiger partial charge in [0.1, 0.15) is 10.6 Å². The van der Waals surface area contributed by atoms with E-state index in [1.807, 2.05) is 6.92 Å². The number of aromatic amines is 1. The molecule has 0 aliphatic rings. The van der Waals surface area contributed by atoms with Crippen molar-refractivity contribution in [2.24, 2.45) is 0 Å². The van der Waals surface area contributed by atoms with Gasteiger partial charge < -0.3 is 10.3 Å². The maximum atomic E-state index is 5.92. The van der Waals surface area contributed by atoms with E-state index in [4.69, 9.17) is 11.6 Å². The number of imidazole rings is 1. The van der Waals surface area contributed by atoms with Gasteiger partial charge in [0.15, 0.2) is 0 Å². The highest BCUT2D eigenvalue weighted by molar-refractivity contribution is 7.18. The molecule has 3 heterocycles. The summed E-state index contributed by atoms with van der Waals surface area (Å²) in [7, 11) is 0. The molecule has 0 saturated heterocycles. The van der Waals surface area contributed by atoms with Crippen LogP contribution in [0.5, 0.6) is 0 Å². The van der Waals surface area contributed by atoms with Crippen LogP contribution in [0.3, 0.4) is 0 Å². The molecule has 0 radical (unpaired) electrons. The van der Waals surface area contributed by atoms with Crippen LogP contribution < -0.4 is 5.32 Å². The lowest BCUT2D eigenvalue weighted by Gasteiger charge is -2.05. The molecule has 0 saturated carbocycles. The average molecular weight is 280 g/mol. The standard InChI is InChI=1S/C11H10ClN5S/c1-6-2-8-9(14-4-7-3-13-5-15-7)16-11(12)17-10(8)18-6/h2-3,5H,4H2,1H3,(H,13,15)(H,14,16,17). The Morgan fingerprint density at radius 1 is 1.44 bits per heavy atom. The van der Waals surface area contributed by atoms with Gasteiger partial charge in [0.2, 0.25) is 5.28 Å². The number of aromatic nitrogens is 4. The van der Waals surface area contributed by atoms with E-state index >= 15 is 0 Å². The second-order valence-corrected chi connectivity index (χ2v) is 5.42. The van der Waals surface area contributed by atoms with Gasteiger partial charge >= 0.3 is 0 Å². The van der Waals surface area contributed by atoms with Crippen molar-refractivity contribution >= 4 is 39.0 Å². The van der Waals surface area contributed by atoms with E-state index in [1.54, 1.807) is 23.9 Å². The predicted octanol–water partition coefficient (Wildman–Crippen LogP) is 2.99. The second kappa shape index (κ2) is 4.55. The molecule has 0 fully saturated rings. The minimum Gasteiger partial charge on any atom is -0.364 e. The number of hydrogen-bond donors (Lipinski definition) is 2. The zero-order valence-corrected chi connectivity index (χ0v) is 11.1. The summed E-state index contributed by atoms with van der Waals surface area (Å²) in [4.78, 5) is 17.5. The van der Waals surface area contributed by atoms with E-state index in [9.17, 15) is 0 Å². The fourth-order valence-corrected chi connectivity index (χ4v) is 2.81. The number of thiophene rings is 1. The van der Waals surface area contributed by atoms with Crippen LogP contribution in [-0.2, 0) is 6.54 Å². The Morgan fingerprint density at radius 3 is 3.11 bits per heavy atom. The van der Waals surface area contributed by atoms with Gasteiger partial charge in [-0.3, -0.25) is 0 Å². The molecule has 0 amide bonds. The number of anilines is 1. The average Bonchev–Trinajstić information content (AvgIpc) is 2.93. The largest absolute Gasteiger partial charge is 0.364 e. The number of nitrogens with zero attached hydrogens (tertiary/aromatic N) is 3. The van der Waals surface area contributed by atoms with E-state index in [-0.39, 0.29) is 5.28 Å². The van der Waals surface area contributed by atoms with Gasteiger partial charge in [0.05, 0.1) is 24.0 Å². The highest BCUT2D eigenvalue weighted by Crippen LogP contribution is 2.29. The van der Waals surface area contributed by atoms with E-state index in [2.05, 4.69) is 31.3 Å². The normalized spacial score (nSPS) is 11.0. The van der Waals surface area contributed by atoms with E-state index in [0.29, 0.717) is 6.54 Å². The van der Waals surface area contributed by atoms with Crippen LogP contribution in [0, 0.1) is 6.92 Å². The summed E-state index contributed by atoms with van der Waals surface area (Å²) >= 11 is 7.53. The molecule has 3 aromatic rings. The molecule has 3 aromatic heterocycles. The summed E-state index contributed by atoms with van der Waals surface area (Å²) in [6.45, 7) is 2.66. The molecule has 92 valence electrons. The van der Waals surface area contributed by atoms with Crippen LogP contribution in [0.15, 0.2) is 18.6 Å². The summed E-state index contributed by atoms with van der Waals surface area (Å²) in [5.74, 6) is 0.754. The van der Waals surface area contributed by atoms with Crippen molar-refractivity contribution < 1.29 is 0 Å². The summed E-state index contributed by atoms with van der Waals surface area (Å²) in [5, 5.41) is 4.51. The van der Waals surface area contributed by atoms with Crippen LogP contribution >= 0.6 is 22.9 Å². The molecule has 5 nitrogen and oxygen atoms in total. The minimum absolute atomic E-state index is 0.261. The first-order valence-corrected chi connectivity index (χ1v) is 6.56. The van der Waals surface area contributed by atoms with Crippen molar-refractivity contribution in [1.29, 1.82) is 0 Å². The lowest BCUT2D eigenvalue weighted by atomic mass is 10.3. The van der Waals surface area contributed by atoms with Crippen molar-refractivity contribution in [2.45, 2.75) is 13.5 Å². The molecular formula is C11H10ClN5S. The van der Waals surface area contributed by atoms with Crippen molar-refractivity contribution in [3.8, 4) is 0 Å². The molecule has 3 rings (SSSR count). The Kier molecular flexibility index (Phi) is 2.89. The molecule has 0 unspecified atom stereocenters. The van der Waals surface area contributed by atoms with E-state index < -0.39 is 0 Å². The number of halogens is 1. The first-order chi connectivity index (χ1) is 8.72. The van der Waals surface area contributed by atoms with Gasteiger partial charge in [-0.2, -0.15) is 0 Å². The van der Waals surface area contributed by atoms with Crippen LogP contribution in [0.4, 0.5) is 5.82 Å². The summed E-state index contributed by atoms with van der Waals surface area (Å²) in [5.41, 5.74) is 0.991. The van der Waals surface area contributed by atoms with E-state index in [1.165, 1.54) is 4.88 Å². The van der Waals surface area contributed by atoms with Crippen molar-refractivity contribution in [3.05, 3.63) is 34.4 Å². The maximum Gasteiger partial charge on any atom is 0.225 e. The summed E-state index contributed by atoms with van der Waals surface area (Å²) in [6.07, 6.45) is 3.42. The minimum atomic E-state index is 0.261. The lowest BCUT2D eigenvalue weighted by Crippen LogP contribution is -2.02. The van der Waals surface area contributed by atoms with Crippen molar-refractivity contribution in [3.63, 3.8) is 0 Å². The zero-order valence-electron chi connectivity index (χ0n) is 9.57. The molecule has 18 heavy (non-hydrogen) atoms. The van der Waals surface area contributed by atoms with Gasteiger partial charge in [0, 0.05) is 11.1 Å². The van der Waals surface area contributed by atoms with Crippen LogP contribution in [0.1, 0.15) is 10.6 Å². The number of hydrogen-bond acceptors (Lipinski definition) is 5. The fourth-order valence-electron chi connectivity index (χ4n) is 1.71. The molecular weight excluding hydrogens is 270 g/mol. The van der Waals surface area contributed by atoms with Crippen LogP contribution in [0.2, 0.25) is 5.28 Å². The Labute approximate surface area is 112 Å². The van der Waals surface area contributed by atoms with Crippen LogP contribution in [-0.4, -0.2) is 19.9 Å². The third-order valence-corrected chi connectivity index (χ3v) is 3.60. The summed E-state index contributed by atoms with van der Waals surface area (Å²) in [6, 6.07) is 2.06.